The standard InChI is InChI=1S/C20H23ClN6O/c21-15-6-11-23-17-16(15)14(12-26-17)18(28)27(19-24-9-5-10-25-19)13-20(22)7-3-1-2-4-8-20/h5-6,9-12H,1-4,7-8,13,22H2,(H,23,26). The molecule has 8 heteroatoms. The summed E-state index contributed by atoms with van der Waals surface area (Å²) in [4.78, 5) is 31.0. The lowest BCUT2D eigenvalue weighted by atomic mass is 9.90. The molecule has 4 rings (SSSR count). The molecule has 0 aromatic carbocycles. The largest absolute Gasteiger partial charge is 0.345 e. The summed E-state index contributed by atoms with van der Waals surface area (Å²) in [6.45, 7) is 0.362. The van der Waals surface area contributed by atoms with Crippen LogP contribution in [-0.4, -0.2) is 37.9 Å². The van der Waals surface area contributed by atoms with Crippen molar-refractivity contribution in [2.75, 3.05) is 11.4 Å². The summed E-state index contributed by atoms with van der Waals surface area (Å²) >= 11 is 6.35. The number of carbonyl (C=O) groups is 1. The first-order chi connectivity index (χ1) is 13.6. The lowest BCUT2D eigenvalue weighted by molar-refractivity contribution is 0.0978. The van der Waals surface area contributed by atoms with Crippen LogP contribution in [0.2, 0.25) is 5.02 Å². The van der Waals surface area contributed by atoms with Gasteiger partial charge in [-0.05, 0) is 25.0 Å². The number of nitrogens with one attached hydrogen (secondary N) is 1. The number of aromatic amines is 1. The average molecular weight is 399 g/mol. The molecule has 1 saturated carbocycles. The quantitative estimate of drug-likeness (QED) is 0.652. The molecule has 28 heavy (non-hydrogen) atoms. The van der Waals surface area contributed by atoms with Crippen LogP contribution in [0.5, 0.6) is 0 Å². The molecule has 1 fully saturated rings. The molecule has 0 aliphatic heterocycles. The number of aromatic nitrogens is 4. The highest BCUT2D eigenvalue weighted by Crippen LogP contribution is 2.30. The van der Waals surface area contributed by atoms with Crippen LogP contribution in [0.4, 0.5) is 5.95 Å². The molecule has 0 bridgehead atoms. The summed E-state index contributed by atoms with van der Waals surface area (Å²) in [7, 11) is 0. The van der Waals surface area contributed by atoms with Gasteiger partial charge < -0.3 is 10.7 Å². The van der Waals surface area contributed by atoms with Gasteiger partial charge >= 0.3 is 0 Å². The number of fused-ring (bicyclic) bond motifs is 1. The zero-order valence-corrected chi connectivity index (χ0v) is 16.3. The maximum Gasteiger partial charge on any atom is 0.262 e. The Labute approximate surface area is 168 Å². The molecule has 3 N–H and O–H groups in total. The summed E-state index contributed by atoms with van der Waals surface area (Å²) < 4.78 is 0. The van der Waals surface area contributed by atoms with Crippen LogP contribution in [0, 0.1) is 0 Å². The topological polar surface area (TPSA) is 101 Å². The predicted octanol–water partition coefficient (Wildman–Crippen LogP) is 3.70. The van der Waals surface area contributed by atoms with Gasteiger partial charge in [0.15, 0.2) is 0 Å². The van der Waals surface area contributed by atoms with Crippen LogP contribution in [0.15, 0.2) is 36.9 Å². The van der Waals surface area contributed by atoms with Crippen LogP contribution in [-0.2, 0) is 0 Å². The fraction of sp³-hybridized carbons (Fsp3) is 0.400. The number of hydrogen-bond donors (Lipinski definition) is 2. The second-order valence-corrected chi connectivity index (χ2v) is 7.84. The van der Waals surface area contributed by atoms with E-state index in [1.807, 2.05) is 0 Å². The molecule has 0 atom stereocenters. The maximum absolute atomic E-state index is 13.6. The Morgan fingerprint density at radius 3 is 2.57 bits per heavy atom. The molecule has 0 spiro atoms. The Hall–Kier alpha value is -2.51. The van der Waals surface area contributed by atoms with E-state index in [2.05, 4.69) is 19.9 Å². The first kappa shape index (κ1) is 18.8. The van der Waals surface area contributed by atoms with Gasteiger partial charge in [0.05, 0.1) is 16.0 Å². The lowest BCUT2D eigenvalue weighted by Gasteiger charge is -2.33. The van der Waals surface area contributed by atoms with Gasteiger partial charge in [-0.1, -0.05) is 37.3 Å². The molecule has 1 aliphatic rings. The van der Waals surface area contributed by atoms with E-state index in [9.17, 15) is 4.79 Å². The minimum Gasteiger partial charge on any atom is -0.345 e. The van der Waals surface area contributed by atoms with E-state index in [0.717, 1.165) is 25.7 Å². The smallest absolute Gasteiger partial charge is 0.262 e. The van der Waals surface area contributed by atoms with Crippen molar-refractivity contribution in [2.24, 2.45) is 5.73 Å². The Bertz CT molecular complexity index is 965. The minimum atomic E-state index is -0.459. The Balaban J connectivity index is 1.73. The van der Waals surface area contributed by atoms with Gasteiger partial charge in [0.1, 0.15) is 5.65 Å². The molecule has 1 aliphatic carbocycles. The molecule has 3 heterocycles. The van der Waals surface area contributed by atoms with Gasteiger partial charge in [-0.3, -0.25) is 9.69 Å². The number of pyridine rings is 1. The van der Waals surface area contributed by atoms with E-state index in [1.165, 1.54) is 12.8 Å². The number of amides is 1. The van der Waals surface area contributed by atoms with Gasteiger partial charge in [0, 0.05) is 36.9 Å². The fourth-order valence-electron chi connectivity index (χ4n) is 3.90. The first-order valence-corrected chi connectivity index (χ1v) is 9.95. The van der Waals surface area contributed by atoms with Gasteiger partial charge in [-0.2, -0.15) is 0 Å². The zero-order valence-electron chi connectivity index (χ0n) is 15.6. The third-order valence-electron chi connectivity index (χ3n) is 5.36. The highest BCUT2D eigenvalue weighted by Gasteiger charge is 2.34. The number of halogens is 1. The third kappa shape index (κ3) is 3.72. The molecular formula is C20H23ClN6O. The molecular weight excluding hydrogens is 376 g/mol. The van der Waals surface area contributed by atoms with E-state index >= 15 is 0 Å². The minimum absolute atomic E-state index is 0.235. The monoisotopic (exact) mass is 398 g/mol. The van der Waals surface area contributed by atoms with Crippen molar-refractivity contribution in [3.8, 4) is 0 Å². The Kier molecular flexibility index (Phi) is 5.28. The number of anilines is 1. The number of H-pyrrole nitrogens is 1. The number of nitrogens with two attached hydrogens (primary N) is 1. The summed E-state index contributed by atoms with van der Waals surface area (Å²) in [6, 6.07) is 3.40. The van der Waals surface area contributed by atoms with E-state index in [1.54, 1.807) is 41.8 Å². The Morgan fingerprint density at radius 2 is 1.86 bits per heavy atom. The molecule has 0 saturated heterocycles. The molecule has 146 valence electrons. The number of carbonyl (C=O) groups excluding carboxylic acids is 1. The van der Waals surface area contributed by atoms with Crippen molar-refractivity contribution in [1.29, 1.82) is 0 Å². The molecule has 3 aromatic heterocycles. The van der Waals surface area contributed by atoms with E-state index < -0.39 is 5.54 Å². The summed E-state index contributed by atoms with van der Waals surface area (Å²) in [5, 5.41) is 1.07. The molecule has 7 nitrogen and oxygen atoms in total. The van der Waals surface area contributed by atoms with Gasteiger partial charge in [-0.25, -0.2) is 15.0 Å². The SMILES string of the molecule is NC1(CN(C(=O)c2c[nH]c3nccc(Cl)c23)c2ncccn2)CCCCCC1. The number of rotatable bonds is 4. The van der Waals surface area contributed by atoms with Crippen LogP contribution >= 0.6 is 11.6 Å². The molecule has 3 aromatic rings. The number of hydrogen-bond acceptors (Lipinski definition) is 5. The van der Waals surface area contributed by atoms with Crippen LogP contribution in [0.25, 0.3) is 11.0 Å². The highest BCUT2D eigenvalue weighted by molar-refractivity contribution is 6.36. The normalized spacial score (nSPS) is 16.6. The van der Waals surface area contributed by atoms with Crippen LogP contribution < -0.4 is 10.6 Å². The summed E-state index contributed by atoms with van der Waals surface area (Å²) in [6.07, 6.45) is 12.7. The van der Waals surface area contributed by atoms with Crippen molar-refractivity contribution in [1.82, 2.24) is 19.9 Å². The van der Waals surface area contributed by atoms with Crippen molar-refractivity contribution in [2.45, 2.75) is 44.1 Å². The lowest BCUT2D eigenvalue weighted by Crippen LogP contribution is -2.52. The van der Waals surface area contributed by atoms with E-state index in [-0.39, 0.29) is 5.91 Å². The second kappa shape index (κ2) is 7.85. The molecule has 0 radical (unpaired) electrons. The van der Waals surface area contributed by atoms with Gasteiger partial charge in [-0.15, -0.1) is 0 Å². The van der Waals surface area contributed by atoms with Crippen LogP contribution in [0.1, 0.15) is 48.9 Å². The number of nitrogens with zero attached hydrogens (tertiary/aromatic N) is 4. The van der Waals surface area contributed by atoms with Crippen molar-refractivity contribution in [3.05, 3.63) is 47.5 Å². The Morgan fingerprint density at radius 1 is 1.14 bits per heavy atom. The molecule has 1 amide bonds. The van der Waals surface area contributed by atoms with E-state index in [0.29, 0.717) is 34.1 Å². The average Bonchev–Trinajstić information content (AvgIpc) is 3.03. The van der Waals surface area contributed by atoms with Gasteiger partial charge in [0.2, 0.25) is 5.95 Å². The predicted molar refractivity (Wildman–Crippen MR) is 109 cm³/mol. The summed E-state index contributed by atoms with van der Waals surface area (Å²) in [5.41, 5.74) is 7.29. The second-order valence-electron chi connectivity index (χ2n) is 7.44. The van der Waals surface area contributed by atoms with Crippen molar-refractivity contribution < 1.29 is 4.79 Å². The summed E-state index contributed by atoms with van der Waals surface area (Å²) in [5.74, 6) is 0.109. The van der Waals surface area contributed by atoms with Gasteiger partial charge in [0.25, 0.3) is 5.91 Å². The first-order valence-electron chi connectivity index (χ1n) is 9.57. The zero-order chi connectivity index (χ0) is 19.6. The van der Waals surface area contributed by atoms with Crippen molar-refractivity contribution in [3.63, 3.8) is 0 Å². The van der Waals surface area contributed by atoms with E-state index in [4.69, 9.17) is 17.3 Å². The van der Waals surface area contributed by atoms with Crippen LogP contribution in [0.3, 0.4) is 0 Å². The van der Waals surface area contributed by atoms with Crippen molar-refractivity contribution >= 4 is 34.5 Å². The molecule has 0 unspecified atom stereocenters. The maximum atomic E-state index is 13.6. The fourth-order valence-corrected chi connectivity index (χ4v) is 4.15. The highest BCUT2D eigenvalue weighted by atomic mass is 35.5. The third-order valence-corrected chi connectivity index (χ3v) is 5.68.